The van der Waals surface area contributed by atoms with Gasteiger partial charge in [-0.2, -0.15) is 9.78 Å². The molecule has 0 aliphatic rings. The van der Waals surface area contributed by atoms with Crippen molar-refractivity contribution >= 4 is 11.7 Å². The van der Waals surface area contributed by atoms with Crippen LogP contribution in [0.25, 0.3) is 5.95 Å². The van der Waals surface area contributed by atoms with Crippen LogP contribution in [-0.4, -0.2) is 31.8 Å². The Kier molecular flexibility index (Phi) is 5.81. The van der Waals surface area contributed by atoms with Crippen LogP contribution in [0.4, 0.5) is 5.82 Å². The quantitative estimate of drug-likeness (QED) is 0.667. The summed E-state index contributed by atoms with van der Waals surface area (Å²) in [6.45, 7) is 9.37. The molecule has 8 heteroatoms. The Labute approximate surface area is 168 Å². The van der Waals surface area contributed by atoms with E-state index >= 15 is 0 Å². The zero-order valence-electron chi connectivity index (χ0n) is 17.2. The summed E-state index contributed by atoms with van der Waals surface area (Å²) in [7, 11) is 0. The highest BCUT2D eigenvalue weighted by atomic mass is 16.5. The highest BCUT2D eigenvalue weighted by molar-refractivity contribution is 6.04. The molecule has 0 fully saturated rings. The van der Waals surface area contributed by atoms with Gasteiger partial charge in [0.2, 0.25) is 5.95 Å². The predicted molar refractivity (Wildman–Crippen MR) is 111 cm³/mol. The van der Waals surface area contributed by atoms with E-state index in [0.29, 0.717) is 40.5 Å². The minimum atomic E-state index is -0.300. The van der Waals surface area contributed by atoms with Crippen molar-refractivity contribution in [2.45, 2.75) is 47.1 Å². The number of carbonyl (C=O) groups excluding carboxylic acids is 1. The van der Waals surface area contributed by atoms with E-state index in [9.17, 15) is 9.59 Å². The highest BCUT2D eigenvalue weighted by Crippen LogP contribution is 2.18. The number of aryl methyl sites for hydroxylation is 2. The van der Waals surface area contributed by atoms with E-state index in [1.165, 1.54) is 4.68 Å². The van der Waals surface area contributed by atoms with Crippen molar-refractivity contribution in [2.75, 3.05) is 5.32 Å². The molecule has 1 amide bonds. The second-order valence-electron chi connectivity index (χ2n) is 7.03. The van der Waals surface area contributed by atoms with E-state index in [1.54, 1.807) is 44.2 Å². The molecule has 0 radical (unpaired) electrons. The third-order valence-corrected chi connectivity index (χ3v) is 4.33. The molecule has 0 aliphatic carbocycles. The lowest BCUT2D eigenvalue weighted by atomic mass is 10.2. The molecular weight excluding hydrogens is 370 g/mol. The van der Waals surface area contributed by atoms with Crippen molar-refractivity contribution in [2.24, 2.45) is 0 Å². The van der Waals surface area contributed by atoms with Crippen LogP contribution in [0, 0.1) is 13.8 Å². The number of nitrogens with zero attached hydrogens (tertiary/aromatic N) is 3. The molecule has 8 nitrogen and oxygen atoms in total. The van der Waals surface area contributed by atoms with E-state index < -0.39 is 0 Å². The number of hydrogen-bond acceptors (Lipinski definition) is 5. The number of hydrogen-bond donors (Lipinski definition) is 2. The summed E-state index contributed by atoms with van der Waals surface area (Å²) in [6, 6.07) is 8.62. The number of nitrogens with one attached hydrogen (secondary N) is 2. The lowest BCUT2D eigenvalue weighted by Crippen LogP contribution is -2.22. The molecular formula is C21H25N5O3. The molecule has 152 valence electrons. The van der Waals surface area contributed by atoms with Crippen LogP contribution >= 0.6 is 0 Å². The Morgan fingerprint density at radius 2 is 1.93 bits per heavy atom. The largest absolute Gasteiger partial charge is 0.491 e. The van der Waals surface area contributed by atoms with Gasteiger partial charge in [0.05, 0.1) is 11.8 Å². The maximum absolute atomic E-state index is 12.7. The average Bonchev–Trinajstić information content (AvgIpc) is 3.01. The summed E-state index contributed by atoms with van der Waals surface area (Å²) in [5.41, 5.74) is 2.22. The fourth-order valence-corrected chi connectivity index (χ4v) is 3.01. The standard InChI is InChI=1S/C21H25N5O3/c1-6-17-14(5)22-21(24-20(17)28)26-18(11-13(4)25-26)23-19(27)15-7-9-16(10-8-15)29-12(2)3/h7-12H,6H2,1-5H3,(H,23,27)(H,22,24,28). The van der Waals surface area contributed by atoms with E-state index in [1.807, 2.05) is 20.8 Å². The maximum atomic E-state index is 12.7. The molecule has 0 spiro atoms. The number of benzene rings is 1. The Bertz CT molecular complexity index is 1080. The van der Waals surface area contributed by atoms with Gasteiger partial charge in [0, 0.05) is 22.9 Å². The fraction of sp³-hybridized carbons (Fsp3) is 0.333. The highest BCUT2D eigenvalue weighted by Gasteiger charge is 2.16. The molecule has 3 rings (SSSR count). The normalized spacial score (nSPS) is 11.0. The summed E-state index contributed by atoms with van der Waals surface area (Å²) >= 11 is 0. The monoisotopic (exact) mass is 395 g/mol. The van der Waals surface area contributed by atoms with Gasteiger partial charge in [-0.25, -0.2) is 4.98 Å². The van der Waals surface area contributed by atoms with Gasteiger partial charge >= 0.3 is 0 Å². The predicted octanol–water partition coefficient (Wildman–Crippen LogP) is 3.17. The van der Waals surface area contributed by atoms with Gasteiger partial charge in [-0.05, 0) is 58.4 Å². The van der Waals surface area contributed by atoms with Gasteiger partial charge in [0.25, 0.3) is 11.5 Å². The zero-order valence-corrected chi connectivity index (χ0v) is 17.2. The van der Waals surface area contributed by atoms with Crippen LogP contribution in [0.3, 0.4) is 0 Å². The molecule has 2 N–H and O–H groups in total. The molecule has 3 aromatic rings. The van der Waals surface area contributed by atoms with E-state index in [2.05, 4.69) is 20.4 Å². The van der Waals surface area contributed by atoms with Gasteiger partial charge in [-0.3, -0.25) is 14.6 Å². The molecule has 0 aliphatic heterocycles. The van der Waals surface area contributed by atoms with Crippen molar-refractivity contribution in [1.82, 2.24) is 19.7 Å². The number of aromatic amines is 1. The Morgan fingerprint density at radius 3 is 2.52 bits per heavy atom. The van der Waals surface area contributed by atoms with Crippen LogP contribution in [0.1, 0.15) is 48.1 Å². The summed E-state index contributed by atoms with van der Waals surface area (Å²) < 4.78 is 7.03. The van der Waals surface area contributed by atoms with Crippen molar-refractivity contribution in [3.8, 4) is 11.7 Å². The van der Waals surface area contributed by atoms with Crippen molar-refractivity contribution in [3.05, 3.63) is 63.2 Å². The molecule has 2 aromatic heterocycles. The lowest BCUT2D eigenvalue weighted by Gasteiger charge is -2.11. The fourth-order valence-electron chi connectivity index (χ4n) is 3.01. The molecule has 2 heterocycles. The second kappa shape index (κ2) is 8.30. The number of anilines is 1. The van der Waals surface area contributed by atoms with Gasteiger partial charge in [0.15, 0.2) is 0 Å². The minimum absolute atomic E-state index is 0.0595. The second-order valence-corrected chi connectivity index (χ2v) is 7.03. The molecule has 29 heavy (non-hydrogen) atoms. The molecule has 0 saturated heterocycles. The van der Waals surface area contributed by atoms with Crippen LogP contribution < -0.4 is 15.6 Å². The molecule has 1 aromatic carbocycles. The van der Waals surface area contributed by atoms with Crippen molar-refractivity contribution in [3.63, 3.8) is 0 Å². The molecule has 0 saturated carbocycles. The van der Waals surface area contributed by atoms with Crippen LogP contribution in [0.2, 0.25) is 0 Å². The topological polar surface area (TPSA) is 102 Å². The number of H-pyrrole nitrogens is 1. The van der Waals surface area contributed by atoms with E-state index in [4.69, 9.17) is 4.74 Å². The molecule has 0 bridgehead atoms. The average molecular weight is 395 g/mol. The number of aromatic nitrogens is 4. The Morgan fingerprint density at radius 1 is 1.24 bits per heavy atom. The number of amides is 1. The molecule has 0 atom stereocenters. The Balaban J connectivity index is 1.88. The van der Waals surface area contributed by atoms with Crippen LogP contribution in [0.5, 0.6) is 5.75 Å². The maximum Gasteiger partial charge on any atom is 0.256 e. The summed E-state index contributed by atoms with van der Waals surface area (Å²) in [5.74, 6) is 1.08. The number of ether oxygens (including phenoxy) is 1. The SMILES string of the molecule is CCc1c(C)nc(-n2nc(C)cc2NC(=O)c2ccc(OC(C)C)cc2)[nH]c1=O. The first-order valence-corrected chi connectivity index (χ1v) is 9.53. The summed E-state index contributed by atoms with van der Waals surface area (Å²) in [5, 5.41) is 7.19. The number of carbonyl (C=O) groups is 1. The summed E-state index contributed by atoms with van der Waals surface area (Å²) in [6.07, 6.45) is 0.649. The smallest absolute Gasteiger partial charge is 0.256 e. The Hall–Kier alpha value is -3.42. The van der Waals surface area contributed by atoms with E-state index in [0.717, 1.165) is 0 Å². The molecule has 0 unspecified atom stereocenters. The first kappa shape index (κ1) is 20.3. The first-order chi connectivity index (χ1) is 13.8. The van der Waals surface area contributed by atoms with Gasteiger partial charge in [-0.15, -0.1) is 0 Å². The first-order valence-electron chi connectivity index (χ1n) is 9.53. The van der Waals surface area contributed by atoms with Crippen LogP contribution in [0.15, 0.2) is 35.1 Å². The zero-order chi connectivity index (χ0) is 21.1. The van der Waals surface area contributed by atoms with Gasteiger partial charge in [-0.1, -0.05) is 6.92 Å². The number of rotatable bonds is 6. The minimum Gasteiger partial charge on any atom is -0.491 e. The van der Waals surface area contributed by atoms with Crippen molar-refractivity contribution in [1.29, 1.82) is 0 Å². The third kappa shape index (κ3) is 4.53. The summed E-state index contributed by atoms with van der Waals surface area (Å²) in [4.78, 5) is 32.2. The van der Waals surface area contributed by atoms with Crippen LogP contribution in [-0.2, 0) is 6.42 Å². The van der Waals surface area contributed by atoms with Gasteiger partial charge < -0.3 is 10.1 Å². The van der Waals surface area contributed by atoms with Gasteiger partial charge in [0.1, 0.15) is 11.6 Å². The third-order valence-electron chi connectivity index (χ3n) is 4.33. The lowest BCUT2D eigenvalue weighted by molar-refractivity contribution is 0.102. The van der Waals surface area contributed by atoms with Crippen molar-refractivity contribution < 1.29 is 9.53 Å². The van der Waals surface area contributed by atoms with E-state index in [-0.39, 0.29) is 23.5 Å².